The lowest BCUT2D eigenvalue weighted by Crippen LogP contribution is -2.48. The molecule has 0 atom stereocenters. The first-order valence-electron chi connectivity index (χ1n) is 12.2. The summed E-state index contributed by atoms with van der Waals surface area (Å²) in [5, 5.41) is 3.31. The lowest BCUT2D eigenvalue weighted by atomic mass is 10.0. The topological polar surface area (TPSA) is 48.5 Å². The van der Waals surface area contributed by atoms with Crippen LogP contribution in [0.4, 0.5) is 15.9 Å². The molecule has 0 unspecified atom stereocenters. The molecule has 5 rings (SSSR count). The second-order valence-electron chi connectivity index (χ2n) is 9.11. The van der Waals surface area contributed by atoms with Gasteiger partial charge in [0.15, 0.2) is 0 Å². The molecule has 5 nitrogen and oxygen atoms in total. The Morgan fingerprint density at radius 3 is 2.11 bits per heavy atom. The van der Waals surface area contributed by atoms with E-state index in [4.69, 9.17) is 0 Å². The number of nitrogens with one attached hydrogen (secondary N) is 1. The van der Waals surface area contributed by atoms with Crippen molar-refractivity contribution in [2.45, 2.75) is 13.0 Å². The maximum Gasteiger partial charge on any atom is 0.255 e. The molecule has 2 heterocycles. The molecule has 3 aromatic carbocycles. The van der Waals surface area contributed by atoms with Gasteiger partial charge < -0.3 is 10.2 Å². The van der Waals surface area contributed by atoms with Gasteiger partial charge in [0, 0.05) is 44.6 Å². The highest BCUT2D eigenvalue weighted by Crippen LogP contribution is 2.18. The summed E-state index contributed by atoms with van der Waals surface area (Å²) in [6.45, 7) is 3.66. The summed E-state index contributed by atoms with van der Waals surface area (Å²) in [6.07, 6.45) is 2.54. The van der Waals surface area contributed by atoms with Crippen molar-refractivity contribution < 1.29 is 9.18 Å². The number of nitrogens with zero attached hydrogens (tertiary/aromatic N) is 3. The largest absolute Gasteiger partial charge is 0.340 e. The quantitative estimate of drug-likeness (QED) is 0.379. The van der Waals surface area contributed by atoms with Crippen LogP contribution >= 0.6 is 0 Å². The smallest absolute Gasteiger partial charge is 0.255 e. The summed E-state index contributed by atoms with van der Waals surface area (Å²) in [4.78, 5) is 21.6. The van der Waals surface area contributed by atoms with Crippen molar-refractivity contribution in [3.63, 3.8) is 0 Å². The van der Waals surface area contributed by atoms with E-state index in [2.05, 4.69) is 51.6 Å². The molecule has 6 heteroatoms. The number of anilines is 2. The maximum absolute atomic E-state index is 13.1. The third-order valence-electron chi connectivity index (χ3n) is 6.47. The van der Waals surface area contributed by atoms with Gasteiger partial charge in [0.25, 0.3) is 5.91 Å². The number of rotatable bonds is 7. The average Bonchev–Trinajstić information content (AvgIpc) is 2.92. The van der Waals surface area contributed by atoms with Gasteiger partial charge in [-0.25, -0.2) is 9.37 Å². The van der Waals surface area contributed by atoms with E-state index in [-0.39, 0.29) is 11.7 Å². The van der Waals surface area contributed by atoms with E-state index >= 15 is 0 Å². The molecule has 0 spiro atoms. The number of benzene rings is 3. The van der Waals surface area contributed by atoms with Gasteiger partial charge in [-0.2, -0.15) is 0 Å². The van der Waals surface area contributed by atoms with E-state index in [0.717, 1.165) is 37.3 Å². The molecule has 1 aliphatic rings. The average molecular weight is 481 g/mol. The highest BCUT2D eigenvalue weighted by atomic mass is 19.1. The van der Waals surface area contributed by atoms with Gasteiger partial charge in [-0.05, 0) is 59.5 Å². The van der Waals surface area contributed by atoms with Crippen LogP contribution in [0.1, 0.15) is 27.0 Å². The number of amides is 1. The Bertz CT molecular complexity index is 1270. The van der Waals surface area contributed by atoms with E-state index in [9.17, 15) is 9.18 Å². The standard InChI is InChI=1S/C30H29FN4O/c31-27-11-6-25(7-12-27)22-34-16-18-35(19-17-34)30(36)26-10-15-29(32-21-26)33-28-13-8-24(9-14-28)20-23-4-2-1-3-5-23/h1-15,21H,16-20,22H2,(H,32,33). The number of aromatic nitrogens is 1. The summed E-state index contributed by atoms with van der Waals surface area (Å²) in [6, 6.07) is 29.0. The number of halogens is 1. The van der Waals surface area contributed by atoms with Crippen molar-refractivity contribution in [3.05, 3.63) is 125 Å². The van der Waals surface area contributed by atoms with Crippen molar-refractivity contribution in [1.82, 2.24) is 14.8 Å². The number of hydrogen-bond acceptors (Lipinski definition) is 4. The predicted octanol–water partition coefficient (Wildman–Crippen LogP) is 5.51. The summed E-state index contributed by atoms with van der Waals surface area (Å²) >= 11 is 0. The van der Waals surface area contributed by atoms with Crippen LogP contribution in [-0.2, 0) is 13.0 Å². The van der Waals surface area contributed by atoms with Crippen molar-refractivity contribution >= 4 is 17.4 Å². The zero-order valence-corrected chi connectivity index (χ0v) is 20.1. The minimum atomic E-state index is -0.222. The first-order chi connectivity index (χ1) is 17.6. The highest BCUT2D eigenvalue weighted by molar-refractivity contribution is 5.94. The molecular formula is C30H29FN4O. The fourth-order valence-corrected chi connectivity index (χ4v) is 4.42. The Morgan fingerprint density at radius 2 is 1.44 bits per heavy atom. The first-order valence-corrected chi connectivity index (χ1v) is 12.2. The SMILES string of the molecule is O=C(c1ccc(Nc2ccc(Cc3ccccc3)cc2)nc1)N1CCN(Cc2ccc(F)cc2)CC1. The Hall–Kier alpha value is -4.03. The number of carbonyl (C=O) groups excluding carboxylic acids is 1. The van der Waals surface area contributed by atoms with Crippen molar-refractivity contribution in [3.8, 4) is 0 Å². The second-order valence-corrected chi connectivity index (χ2v) is 9.11. The summed E-state index contributed by atoms with van der Waals surface area (Å²) in [5.74, 6) is 0.480. The van der Waals surface area contributed by atoms with Gasteiger partial charge in [-0.15, -0.1) is 0 Å². The van der Waals surface area contributed by atoms with Crippen LogP contribution in [0, 0.1) is 5.82 Å². The van der Waals surface area contributed by atoms with Crippen LogP contribution < -0.4 is 5.32 Å². The Balaban J connectivity index is 1.12. The molecular weight excluding hydrogens is 451 g/mol. The third-order valence-corrected chi connectivity index (χ3v) is 6.47. The van der Waals surface area contributed by atoms with Crippen LogP contribution in [0.25, 0.3) is 0 Å². The Kier molecular flexibility index (Phi) is 7.33. The van der Waals surface area contributed by atoms with Gasteiger partial charge in [-0.3, -0.25) is 9.69 Å². The fourth-order valence-electron chi connectivity index (χ4n) is 4.42. The maximum atomic E-state index is 13.1. The normalized spacial score (nSPS) is 14.0. The molecule has 1 fully saturated rings. The lowest BCUT2D eigenvalue weighted by Gasteiger charge is -2.34. The van der Waals surface area contributed by atoms with Crippen LogP contribution in [0.15, 0.2) is 97.2 Å². The monoisotopic (exact) mass is 480 g/mol. The number of carbonyl (C=O) groups is 1. The van der Waals surface area contributed by atoms with Gasteiger partial charge >= 0.3 is 0 Å². The van der Waals surface area contributed by atoms with E-state index in [1.54, 1.807) is 6.20 Å². The van der Waals surface area contributed by atoms with Crippen molar-refractivity contribution in [2.24, 2.45) is 0 Å². The van der Waals surface area contributed by atoms with Crippen LogP contribution in [0.5, 0.6) is 0 Å². The molecule has 36 heavy (non-hydrogen) atoms. The Labute approximate surface area is 211 Å². The van der Waals surface area contributed by atoms with E-state index in [1.165, 1.54) is 23.3 Å². The summed E-state index contributed by atoms with van der Waals surface area (Å²) in [7, 11) is 0. The number of piperazine rings is 1. The molecule has 1 amide bonds. The highest BCUT2D eigenvalue weighted by Gasteiger charge is 2.22. The molecule has 0 saturated carbocycles. The van der Waals surface area contributed by atoms with Crippen LogP contribution in [0.2, 0.25) is 0 Å². The lowest BCUT2D eigenvalue weighted by molar-refractivity contribution is 0.0628. The van der Waals surface area contributed by atoms with Crippen LogP contribution in [0.3, 0.4) is 0 Å². The number of hydrogen-bond donors (Lipinski definition) is 1. The van der Waals surface area contributed by atoms with E-state index in [1.807, 2.05) is 47.4 Å². The molecule has 1 N–H and O–H groups in total. The van der Waals surface area contributed by atoms with Gasteiger partial charge in [0.1, 0.15) is 11.6 Å². The van der Waals surface area contributed by atoms with E-state index < -0.39 is 0 Å². The predicted molar refractivity (Wildman–Crippen MR) is 141 cm³/mol. The minimum absolute atomic E-state index is 0.000692. The zero-order valence-electron chi connectivity index (χ0n) is 20.1. The van der Waals surface area contributed by atoms with Gasteiger partial charge in [0.2, 0.25) is 0 Å². The van der Waals surface area contributed by atoms with Crippen LogP contribution in [-0.4, -0.2) is 46.9 Å². The summed E-state index contributed by atoms with van der Waals surface area (Å²) < 4.78 is 13.1. The molecule has 0 bridgehead atoms. The first kappa shape index (κ1) is 23.7. The minimum Gasteiger partial charge on any atom is -0.340 e. The van der Waals surface area contributed by atoms with Gasteiger partial charge in [0.05, 0.1) is 5.56 Å². The van der Waals surface area contributed by atoms with Gasteiger partial charge in [-0.1, -0.05) is 54.6 Å². The molecule has 1 saturated heterocycles. The molecule has 0 aliphatic carbocycles. The molecule has 182 valence electrons. The Morgan fingerprint density at radius 1 is 0.778 bits per heavy atom. The molecule has 1 aliphatic heterocycles. The van der Waals surface area contributed by atoms with E-state index in [0.29, 0.717) is 24.5 Å². The molecule has 0 radical (unpaired) electrons. The molecule has 1 aromatic heterocycles. The van der Waals surface area contributed by atoms with Crippen molar-refractivity contribution in [1.29, 1.82) is 0 Å². The third kappa shape index (κ3) is 6.15. The molecule has 4 aromatic rings. The zero-order chi connectivity index (χ0) is 24.7. The second kappa shape index (κ2) is 11.1. The number of pyridine rings is 1. The van der Waals surface area contributed by atoms with Crippen molar-refractivity contribution in [2.75, 3.05) is 31.5 Å². The fraction of sp³-hybridized carbons (Fsp3) is 0.200. The summed E-state index contributed by atoms with van der Waals surface area (Å²) in [5.41, 5.74) is 5.16.